The van der Waals surface area contributed by atoms with Crippen LogP contribution in [0.5, 0.6) is 0 Å². The predicted octanol–water partition coefficient (Wildman–Crippen LogP) is 2.07. The van der Waals surface area contributed by atoms with E-state index >= 15 is 0 Å². The highest BCUT2D eigenvalue weighted by Crippen LogP contribution is 2.25. The zero-order chi connectivity index (χ0) is 9.80. The van der Waals surface area contributed by atoms with Crippen LogP contribution in [0.4, 0.5) is 0 Å². The molecule has 0 unspecified atom stereocenters. The van der Waals surface area contributed by atoms with Crippen LogP contribution in [0.3, 0.4) is 0 Å². The van der Waals surface area contributed by atoms with Crippen molar-refractivity contribution in [3.63, 3.8) is 0 Å². The highest BCUT2D eigenvalue weighted by atomic mass is 16.3. The number of hydrogen-bond acceptors (Lipinski definition) is 2. The fourth-order valence-corrected chi connectivity index (χ4v) is 2.87. The molecule has 2 rings (SSSR count). The molecular formula is C12H23NO. The van der Waals surface area contributed by atoms with E-state index in [-0.39, 0.29) is 6.10 Å². The maximum absolute atomic E-state index is 9.80. The smallest absolute Gasteiger partial charge is 0.0580 e. The third-order valence-corrected chi connectivity index (χ3v) is 3.89. The summed E-state index contributed by atoms with van der Waals surface area (Å²) >= 11 is 0. The Morgan fingerprint density at radius 3 is 2.29 bits per heavy atom. The van der Waals surface area contributed by atoms with Gasteiger partial charge >= 0.3 is 0 Å². The lowest BCUT2D eigenvalue weighted by atomic mass is 9.86. The molecule has 2 aliphatic carbocycles. The molecule has 0 radical (unpaired) electrons. The zero-order valence-electron chi connectivity index (χ0n) is 9.04. The van der Waals surface area contributed by atoms with Gasteiger partial charge in [-0.05, 0) is 31.6 Å². The van der Waals surface area contributed by atoms with Gasteiger partial charge in [-0.25, -0.2) is 0 Å². The summed E-state index contributed by atoms with van der Waals surface area (Å²) in [6.07, 6.45) is 10.2. The van der Waals surface area contributed by atoms with Gasteiger partial charge in [0.1, 0.15) is 0 Å². The molecule has 0 aliphatic heterocycles. The number of aliphatic hydroxyl groups is 1. The summed E-state index contributed by atoms with van der Waals surface area (Å²) in [6, 6.07) is 0.754. The molecule has 0 spiro atoms. The lowest BCUT2D eigenvalue weighted by Gasteiger charge is -2.28. The van der Waals surface area contributed by atoms with Gasteiger partial charge in [-0.1, -0.05) is 25.7 Å². The largest absolute Gasteiger partial charge is 0.393 e. The van der Waals surface area contributed by atoms with E-state index in [1.165, 1.54) is 44.9 Å². The van der Waals surface area contributed by atoms with Gasteiger partial charge in [0.2, 0.25) is 0 Å². The maximum atomic E-state index is 9.80. The molecule has 0 heterocycles. The fourth-order valence-electron chi connectivity index (χ4n) is 2.87. The SMILES string of the molecule is O[C@H]1CCCC[C@H]1CNC1CCCC1. The first-order valence-corrected chi connectivity index (χ1v) is 6.28. The molecule has 0 amide bonds. The van der Waals surface area contributed by atoms with Gasteiger partial charge in [-0.2, -0.15) is 0 Å². The number of nitrogens with one attached hydrogen (secondary N) is 1. The van der Waals surface area contributed by atoms with Crippen molar-refractivity contribution in [3.8, 4) is 0 Å². The second kappa shape index (κ2) is 5.13. The van der Waals surface area contributed by atoms with Crippen LogP contribution in [0.15, 0.2) is 0 Å². The fraction of sp³-hybridized carbons (Fsp3) is 1.00. The van der Waals surface area contributed by atoms with Gasteiger partial charge in [0.05, 0.1) is 6.10 Å². The monoisotopic (exact) mass is 197 g/mol. The van der Waals surface area contributed by atoms with Crippen molar-refractivity contribution < 1.29 is 5.11 Å². The van der Waals surface area contributed by atoms with Crippen LogP contribution in [0.2, 0.25) is 0 Å². The summed E-state index contributed by atoms with van der Waals surface area (Å²) < 4.78 is 0. The van der Waals surface area contributed by atoms with Gasteiger partial charge in [0, 0.05) is 12.6 Å². The molecule has 0 aromatic carbocycles. The molecule has 2 saturated carbocycles. The quantitative estimate of drug-likeness (QED) is 0.726. The molecule has 2 N–H and O–H groups in total. The first kappa shape index (κ1) is 10.4. The molecule has 2 atom stereocenters. The van der Waals surface area contributed by atoms with Crippen molar-refractivity contribution in [2.45, 2.75) is 63.5 Å². The van der Waals surface area contributed by atoms with Crippen molar-refractivity contribution in [1.82, 2.24) is 5.32 Å². The molecule has 2 nitrogen and oxygen atoms in total. The van der Waals surface area contributed by atoms with E-state index in [4.69, 9.17) is 0 Å². The van der Waals surface area contributed by atoms with Gasteiger partial charge in [0.15, 0.2) is 0 Å². The Kier molecular flexibility index (Phi) is 3.82. The van der Waals surface area contributed by atoms with Crippen LogP contribution in [0.1, 0.15) is 51.4 Å². The van der Waals surface area contributed by atoms with Crippen molar-refractivity contribution >= 4 is 0 Å². The van der Waals surface area contributed by atoms with Gasteiger partial charge < -0.3 is 10.4 Å². The Balaban J connectivity index is 1.67. The molecule has 2 heteroatoms. The topological polar surface area (TPSA) is 32.3 Å². The van der Waals surface area contributed by atoms with E-state index in [9.17, 15) is 5.11 Å². The molecular weight excluding hydrogens is 174 g/mol. The van der Waals surface area contributed by atoms with Crippen molar-refractivity contribution in [2.75, 3.05) is 6.54 Å². The summed E-state index contributed by atoms with van der Waals surface area (Å²) in [7, 11) is 0. The summed E-state index contributed by atoms with van der Waals surface area (Å²) in [6.45, 7) is 1.05. The third-order valence-electron chi connectivity index (χ3n) is 3.89. The lowest BCUT2D eigenvalue weighted by molar-refractivity contribution is 0.0682. The standard InChI is InChI=1S/C12H23NO/c14-12-8-4-1-5-10(12)9-13-11-6-2-3-7-11/h10-14H,1-9H2/t10-,12-/m0/s1. The Hall–Kier alpha value is -0.0800. The second-order valence-electron chi connectivity index (χ2n) is 5.00. The molecule has 2 aliphatic rings. The first-order chi connectivity index (χ1) is 6.86. The van der Waals surface area contributed by atoms with E-state index in [2.05, 4.69) is 5.32 Å². The molecule has 0 bridgehead atoms. The molecule has 82 valence electrons. The number of hydrogen-bond donors (Lipinski definition) is 2. The summed E-state index contributed by atoms with van der Waals surface area (Å²) in [5, 5.41) is 13.4. The van der Waals surface area contributed by atoms with Crippen LogP contribution in [-0.4, -0.2) is 23.8 Å². The molecule has 14 heavy (non-hydrogen) atoms. The van der Waals surface area contributed by atoms with Crippen LogP contribution in [0.25, 0.3) is 0 Å². The summed E-state index contributed by atoms with van der Waals surface area (Å²) in [5.74, 6) is 0.532. The average molecular weight is 197 g/mol. The minimum absolute atomic E-state index is 0.0300. The number of rotatable bonds is 3. The highest BCUT2D eigenvalue weighted by molar-refractivity contribution is 4.80. The van der Waals surface area contributed by atoms with Crippen LogP contribution >= 0.6 is 0 Å². The summed E-state index contributed by atoms with van der Waals surface area (Å²) in [5.41, 5.74) is 0. The average Bonchev–Trinajstić information content (AvgIpc) is 2.69. The Bertz CT molecular complexity index is 166. The normalized spacial score (nSPS) is 34.9. The minimum Gasteiger partial charge on any atom is -0.393 e. The van der Waals surface area contributed by atoms with Gasteiger partial charge in [-0.15, -0.1) is 0 Å². The van der Waals surface area contributed by atoms with Crippen LogP contribution in [-0.2, 0) is 0 Å². The third kappa shape index (κ3) is 2.71. The first-order valence-electron chi connectivity index (χ1n) is 6.28. The van der Waals surface area contributed by atoms with E-state index in [0.29, 0.717) is 5.92 Å². The zero-order valence-corrected chi connectivity index (χ0v) is 9.04. The Morgan fingerprint density at radius 1 is 0.929 bits per heavy atom. The van der Waals surface area contributed by atoms with E-state index < -0.39 is 0 Å². The highest BCUT2D eigenvalue weighted by Gasteiger charge is 2.24. The van der Waals surface area contributed by atoms with Crippen molar-refractivity contribution in [1.29, 1.82) is 0 Å². The maximum Gasteiger partial charge on any atom is 0.0580 e. The lowest BCUT2D eigenvalue weighted by Crippen LogP contribution is -2.37. The Labute approximate surface area is 87.1 Å². The molecule has 2 fully saturated rings. The molecule has 0 saturated heterocycles. The minimum atomic E-state index is -0.0300. The number of aliphatic hydroxyl groups excluding tert-OH is 1. The predicted molar refractivity (Wildman–Crippen MR) is 58.2 cm³/mol. The molecule has 0 aromatic rings. The van der Waals surface area contributed by atoms with Crippen LogP contribution < -0.4 is 5.32 Å². The van der Waals surface area contributed by atoms with Crippen molar-refractivity contribution in [2.24, 2.45) is 5.92 Å². The van der Waals surface area contributed by atoms with Crippen LogP contribution in [0, 0.1) is 5.92 Å². The van der Waals surface area contributed by atoms with Gasteiger partial charge in [0.25, 0.3) is 0 Å². The van der Waals surface area contributed by atoms with E-state index in [0.717, 1.165) is 19.0 Å². The second-order valence-corrected chi connectivity index (χ2v) is 5.00. The van der Waals surface area contributed by atoms with Gasteiger partial charge in [-0.3, -0.25) is 0 Å². The Morgan fingerprint density at radius 2 is 1.57 bits per heavy atom. The van der Waals surface area contributed by atoms with E-state index in [1.807, 2.05) is 0 Å². The molecule has 0 aromatic heterocycles. The summed E-state index contributed by atoms with van der Waals surface area (Å²) in [4.78, 5) is 0. The van der Waals surface area contributed by atoms with E-state index in [1.54, 1.807) is 0 Å². The van der Waals surface area contributed by atoms with Crippen molar-refractivity contribution in [3.05, 3.63) is 0 Å².